The van der Waals surface area contributed by atoms with Gasteiger partial charge in [0.2, 0.25) is 0 Å². The van der Waals surface area contributed by atoms with Crippen molar-refractivity contribution in [1.29, 1.82) is 0 Å². The maximum atomic E-state index is 11.0. The molecule has 0 heterocycles. The van der Waals surface area contributed by atoms with Gasteiger partial charge >= 0.3 is 5.97 Å². The van der Waals surface area contributed by atoms with E-state index in [9.17, 15) is 9.90 Å². The van der Waals surface area contributed by atoms with Gasteiger partial charge < -0.3 is 19.7 Å². The fourth-order valence-corrected chi connectivity index (χ4v) is 1.92. The van der Waals surface area contributed by atoms with Gasteiger partial charge in [-0.15, -0.1) is 0 Å². The van der Waals surface area contributed by atoms with E-state index >= 15 is 0 Å². The quantitative estimate of drug-likeness (QED) is 0.828. The molecule has 5 nitrogen and oxygen atoms in total. The Morgan fingerprint density at radius 2 is 2.05 bits per heavy atom. The predicted octanol–water partition coefficient (Wildman–Crippen LogP) is 2.94. The average Bonchev–Trinajstić information content (AvgIpc) is 2.35. The molecule has 0 aliphatic heterocycles. The molecule has 0 radical (unpaired) electrons. The van der Waals surface area contributed by atoms with Crippen molar-refractivity contribution in [3.63, 3.8) is 0 Å². The Kier molecular flexibility index (Phi) is 5.42. The molecule has 1 aromatic carbocycles. The average molecular weight is 347 g/mol. The highest BCUT2D eigenvalue weighted by Gasteiger charge is 2.27. The molecule has 0 bridgehead atoms. The number of ether oxygens (including phenoxy) is 2. The Morgan fingerprint density at radius 3 is 2.50 bits per heavy atom. The summed E-state index contributed by atoms with van der Waals surface area (Å²) in [5.41, 5.74) is -0.896. The number of halogens is 1. The molecule has 0 aromatic heterocycles. The maximum Gasteiger partial charge on any atom is 0.335 e. The number of methoxy groups -OCH3 is 1. The number of hydrogen-bond donors (Lipinski definition) is 2. The van der Waals surface area contributed by atoms with Crippen LogP contribution in [-0.2, 0) is 0 Å². The van der Waals surface area contributed by atoms with Crippen molar-refractivity contribution in [2.75, 3.05) is 13.7 Å². The minimum atomic E-state index is -1.05. The Balaban J connectivity index is 3.04. The van der Waals surface area contributed by atoms with Crippen molar-refractivity contribution in [2.45, 2.75) is 26.4 Å². The van der Waals surface area contributed by atoms with Gasteiger partial charge in [0, 0.05) is 0 Å². The zero-order chi connectivity index (χ0) is 15.5. The summed E-state index contributed by atoms with van der Waals surface area (Å²) in [6.45, 7) is 5.54. The lowest BCUT2D eigenvalue weighted by Crippen LogP contribution is -2.37. The molecule has 1 aromatic rings. The number of benzene rings is 1. The Hall–Kier alpha value is -1.27. The Bertz CT molecular complexity index is 497. The van der Waals surface area contributed by atoms with Gasteiger partial charge in [-0.2, -0.15) is 0 Å². The monoisotopic (exact) mass is 346 g/mol. The Labute approximate surface area is 126 Å². The molecule has 1 atom stereocenters. The molecular formula is C14H19BrO5. The molecule has 0 aliphatic carbocycles. The van der Waals surface area contributed by atoms with E-state index in [1.165, 1.54) is 19.2 Å². The van der Waals surface area contributed by atoms with E-state index in [0.717, 1.165) is 0 Å². The van der Waals surface area contributed by atoms with Crippen LogP contribution in [0.4, 0.5) is 0 Å². The van der Waals surface area contributed by atoms with Crippen LogP contribution in [0.2, 0.25) is 0 Å². The van der Waals surface area contributed by atoms with E-state index in [-0.39, 0.29) is 18.1 Å². The van der Waals surface area contributed by atoms with Gasteiger partial charge in [0.1, 0.15) is 6.61 Å². The van der Waals surface area contributed by atoms with E-state index in [2.05, 4.69) is 15.9 Å². The highest BCUT2D eigenvalue weighted by Crippen LogP contribution is 2.37. The van der Waals surface area contributed by atoms with Crippen molar-refractivity contribution in [1.82, 2.24) is 0 Å². The fraction of sp³-hybridized carbons (Fsp3) is 0.500. The highest BCUT2D eigenvalue weighted by atomic mass is 79.9. The summed E-state index contributed by atoms with van der Waals surface area (Å²) in [4.78, 5) is 11.0. The maximum absolute atomic E-state index is 11.0. The summed E-state index contributed by atoms with van der Waals surface area (Å²) in [5.74, 6) is -0.356. The normalized spacial score (nSPS) is 13.9. The first kappa shape index (κ1) is 16.8. The number of carbonyl (C=O) groups is 1. The third-order valence-corrected chi connectivity index (χ3v) is 3.82. The molecule has 6 heteroatoms. The molecular weight excluding hydrogens is 328 g/mol. The lowest BCUT2D eigenvalue weighted by molar-refractivity contribution is -0.0273. The van der Waals surface area contributed by atoms with Crippen LogP contribution < -0.4 is 9.47 Å². The molecule has 1 unspecified atom stereocenters. The van der Waals surface area contributed by atoms with Crippen molar-refractivity contribution in [2.24, 2.45) is 5.92 Å². The minimum absolute atomic E-state index is 0.0190. The van der Waals surface area contributed by atoms with Crippen LogP contribution in [0.5, 0.6) is 11.5 Å². The van der Waals surface area contributed by atoms with Gasteiger partial charge in [0.05, 0.1) is 22.7 Å². The SMILES string of the molecule is COc1cc(C(=O)O)cc(Br)c1OCC(C)(O)C(C)C. The standard InChI is InChI=1S/C14H19BrO5/c1-8(2)14(3,18)7-20-12-10(15)5-9(13(16)17)6-11(12)19-4/h5-6,8,18H,7H2,1-4H3,(H,16,17). The number of hydrogen-bond acceptors (Lipinski definition) is 4. The summed E-state index contributed by atoms with van der Waals surface area (Å²) in [6.07, 6.45) is 0. The zero-order valence-electron chi connectivity index (χ0n) is 11.9. The van der Waals surface area contributed by atoms with E-state index in [4.69, 9.17) is 14.6 Å². The van der Waals surface area contributed by atoms with Crippen molar-refractivity contribution in [3.05, 3.63) is 22.2 Å². The third kappa shape index (κ3) is 3.86. The molecule has 2 N–H and O–H groups in total. The molecule has 0 saturated carbocycles. The Morgan fingerprint density at radius 1 is 1.45 bits per heavy atom. The summed E-state index contributed by atoms with van der Waals surface area (Å²) in [6, 6.07) is 2.82. The van der Waals surface area contributed by atoms with Crippen LogP contribution in [0.3, 0.4) is 0 Å². The molecule has 0 fully saturated rings. The van der Waals surface area contributed by atoms with Crippen LogP contribution in [0.15, 0.2) is 16.6 Å². The van der Waals surface area contributed by atoms with E-state index < -0.39 is 11.6 Å². The first-order chi connectivity index (χ1) is 9.19. The van der Waals surface area contributed by atoms with E-state index in [1.807, 2.05) is 13.8 Å². The van der Waals surface area contributed by atoms with Crippen molar-refractivity contribution < 1.29 is 24.5 Å². The molecule has 0 amide bonds. The van der Waals surface area contributed by atoms with Crippen LogP contribution in [-0.4, -0.2) is 35.5 Å². The van der Waals surface area contributed by atoms with Crippen molar-refractivity contribution >= 4 is 21.9 Å². The van der Waals surface area contributed by atoms with Gasteiger partial charge in [-0.1, -0.05) is 13.8 Å². The van der Waals surface area contributed by atoms with E-state index in [0.29, 0.717) is 16.0 Å². The van der Waals surface area contributed by atoms with Gasteiger partial charge in [0.25, 0.3) is 0 Å². The van der Waals surface area contributed by atoms with Crippen LogP contribution in [0, 0.1) is 5.92 Å². The number of rotatable bonds is 6. The third-order valence-electron chi connectivity index (χ3n) is 3.23. The predicted molar refractivity (Wildman–Crippen MR) is 78.6 cm³/mol. The minimum Gasteiger partial charge on any atom is -0.493 e. The summed E-state index contributed by atoms with van der Waals surface area (Å²) in [5, 5.41) is 19.2. The second-order valence-electron chi connectivity index (χ2n) is 5.10. The molecule has 0 aliphatic rings. The second kappa shape index (κ2) is 6.45. The molecule has 0 spiro atoms. The first-order valence-electron chi connectivity index (χ1n) is 6.15. The van der Waals surface area contributed by atoms with Crippen LogP contribution in [0.25, 0.3) is 0 Å². The van der Waals surface area contributed by atoms with Gasteiger partial charge in [0.15, 0.2) is 11.5 Å². The number of aliphatic hydroxyl groups is 1. The van der Waals surface area contributed by atoms with Gasteiger partial charge in [-0.05, 0) is 40.9 Å². The zero-order valence-corrected chi connectivity index (χ0v) is 13.5. The lowest BCUT2D eigenvalue weighted by Gasteiger charge is -2.28. The fourth-order valence-electron chi connectivity index (χ4n) is 1.37. The van der Waals surface area contributed by atoms with Crippen LogP contribution >= 0.6 is 15.9 Å². The topological polar surface area (TPSA) is 76.0 Å². The number of aromatic carboxylic acids is 1. The molecule has 112 valence electrons. The summed E-state index contributed by atoms with van der Waals surface area (Å²) in [7, 11) is 1.43. The second-order valence-corrected chi connectivity index (χ2v) is 5.95. The van der Waals surface area contributed by atoms with E-state index in [1.54, 1.807) is 6.92 Å². The summed E-state index contributed by atoms with van der Waals surface area (Å²) >= 11 is 3.26. The summed E-state index contributed by atoms with van der Waals surface area (Å²) < 4.78 is 11.2. The smallest absolute Gasteiger partial charge is 0.335 e. The van der Waals surface area contributed by atoms with Crippen molar-refractivity contribution in [3.8, 4) is 11.5 Å². The number of carboxylic acid groups (broad SMARTS) is 1. The molecule has 20 heavy (non-hydrogen) atoms. The molecule has 0 saturated heterocycles. The van der Waals surface area contributed by atoms with Crippen LogP contribution in [0.1, 0.15) is 31.1 Å². The highest BCUT2D eigenvalue weighted by molar-refractivity contribution is 9.10. The van der Waals surface area contributed by atoms with Gasteiger partial charge in [-0.3, -0.25) is 0 Å². The first-order valence-corrected chi connectivity index (χ1v) is 6.94. The largest absolute Gasteiger partial charge is 0.493 e. The molecule has 1 rings (SSSR count). The lowest BCUT2D eigenvalue weighted by atomic mass is 9.94. The number of carboxylic acids is 1. The van der Waals surface area contributed by atoms with Gasteiger partial charge in [-0.25, -0.2) is 4.79 Å².